The molecule has 0 bridgehead atoms. The summed E-state index contributed by atoms with van der Waals surface area (Å²) in [5.41, 5.74) is 9.45. The van der Waals surface area contributed by atoms with Gasteiger partial charge in [-0.1, -0.05) is 11.6 Å². The number of carbonyl (C=O) groups excluding carboxylic acids is 1. The Bertz CT molecular complexity index is 501. The SMILES string of the molecule is CC1=CCCN(C(=O)Cn2nc(C)c(N)c2C)C1. The van der Waals surface area contributed by atoms with E-state index in [1.807, 2.05) is 18.7 Å². The molecule has 1 aromatic heterocycles. The minimum atomic E-state index is 0.105. The Morgan fingerprint density at radius 3 is 2.72 bits per heavy atom. The normalized spacial score (nSPS) is 15.7. The van der Waals surface area contributed by atoms with Gasteiger partial charge in [0.1, 0.15) is 6.54 Å². The molecule has 0 fully saturated rings. The highest BCUT2D eigenvalue weighted by molar-refractivity contribution is 5.76. The zero-order valence-electron chi connectivity index (χ0n) is 11.2. The number of carbonyl (C=O) groups is 1. The summed E-state index contributed by atoms with van der Waals surface area (Å²) in [7, 11) is 0. The predicted octanol–water partition coefficient (Wildman–Crippen LogP) is 1.26. The molecule has 2 N–H and O–H groups in total. The molecule has 0 atom stereocenters. The fourth-order valence-corrected chi connectivity index (χ4v) is 2.22. The first kappa shape index (κ1) is 12.7. The van der Waals surface area contributed by atoms with E-state index in [0.717, 1.165) is 30.9 Å². The second-order valence-electron chi connectivity index (χ2n) is 4.90. The average Bonchev–Trinajstić information content (AvgIpc) is 2.57. The smallest absolute Gasteiger partial charge is 0.244 e. The van der Waals surface area contributed by atoms with E-state index in [-0.39, 0.29) is 12.5 Å². The number of anilines is 1. The third-order valence-corrected chi connectivity index (χ3v) is 3.41. The number of aryl methyl sites for hydroxylation is 1. The maximum absolute atomic E-state index is 12.2. The number of amides is 1. The van der Waals surface area contributed by atoms with Crippen molar-refractivity contribution in [3.8, 4) is 0 Å². The molecule has 5 heteroatoms. The Kier molecular flexibility index (Phi) is 3.41. The third kappa shape index (κ3) is 2.39. The zero-order chi connectivity index (χ0) is 13.3. The highest BCUT2D eigenvalue weighted by Gasteiger charge is 2.18. The van der Waals surface area contributed by atoms with Gasteiger partial charge in [0, 0.05) is 13.1 Å². The lowest BCUT2D eigenvalue weighted by Crippen LogP contribution is -2.38. The molecule has 2 rings (SSSR count). The summed E-state index contributed by atoms with van der Waals surface area (Å²) in [5, 5.41) is 4.29. The molecule has 0 aromatic carbocycles. The van der Waals surface area contributed by atoms with Gasteiger partial charge >= 0.3 is 0 Å². The van der Waals surface area contributed by atoms with Crippen LogP contribution in [-0.4, -0.2) is 33.7 Å². The van der Waals surface area contributed by atoms with Gasteiger partial charge in [-0.3, -0.25) is 9.48 Å². The van der Waals surface area contributed by atoms with E-state index in [1.54, 1.807) is 4.68 Å². The van der Waals surface area contributed by atoms with Gasteiger partial charge in [0.05, 0.1) is 17.1 Å². The molecule has 0 spiro atoms. The van der Waals surface area contributed by atoms with E-state index < -0.39 is 0 Å². The summed E-state index contributed by atoms with van der Waals surface area (Å²) in [6.07, 6.45) is 3.13. The Morgan fingerprint density at radius 2 is 2.17 bits per heavy atom. The van der Waals surface area contributed by atoms with E-state index in [1.165, 1.54) is 5.57 Å². The van der Waals surface area contributed by atoms with Gasteiger partial charge in [-0.25, -0.2) is 0 Å². The molecule has 18 heavy (non-hydrogen) atoms. The van der Waals surface area contributed by atoms with Crippen LogP contribution >= 0.6 is 0 Å². The molecule has 1 aliphatic heterocycles. The highest BCUT2D eigenvalue weighted by Crippen LogP contribution is 2.15. The zero-order valence-corrected chi connectivity index (χ0v) is 11.2. The standard InChI is InChI=1S/C13H20N4O/c1-9-5-4-6-16(7-9)12(18)8-17-11(3)13(14)10(2)15-17/h5H,4,6-8,14H2,1-3H3. The first-order valence-electron chi connectivity index (χ1n) is 6.22. The first-order valence-corrected chi connectivity index (χ1v) is 6.22. The van der Waals surface area contributed by atoms with Crippen LogP contribution in [0.25, 0.3) is 0 Å². The number of hydrogen-bond acceptors (Lipinski definition) is 3. The van der Waals surface area contributed by atoms with Crippen LogP contribution in [0.2, 0.25) is 0 Å². The van der Waals surface area contributed by atoms with Gasteiger partial charge in [-0.05, 0) is 27.2 Å². The first-order chi connectivity index (χ1) is 8.49. The Balaban J connectivity index is 2.07. The molecule has 1 aromatic rings. The van der Waals surface area contributed by atoms with Crippen molar-refractivity contribution in [2.75, 3.05) is 18.8 Å². The fourth-order valence-electron chi connectivity index (χ4n) is 2.22. The van der Waals surface area contributed by atoms with Crippen LogP contribution in [0.4, 0.5) is 5.69 Å². The molecule has 5 nitrogen and oxygen atoms in total. The number of aromatic nitrogens is 2. The van der Waals surface area contributed by atoms with Gasteiger partial charge in [0.25, 0.3) is 0 Å². The molecule has 0 saturated carbocycles. The van der Waals surface area contributed by atoms with Crippen LogP contribution < -0.4 is 5.73 Å². The Labute approximate surface area is 107 Å². The van der Waals surface area contributed by atoms with Crippen LogP contribution in [0, 0.1) is 13.8 Å². The molecule has 1 amide bonds. The van der Waals surface area contributed by atoms with E-state index in [9.17, 15) is 4.79 Å². The molecule has 1 aliphatic rings. The monoisotopic (exact) mass is 248 g/mol. The molecular weight excluding hydrogens is 228 g/mol. The third-order valence-electron chi connectivity index (χ3n) is 3.41. The van der Waals surface area contributed by atoms with Gasteiger partial charge < -0.3 is 10.6 Å². The van der Waals surface area contributed by atoms with Crippen LogP contribution in [0.1, 0.15) is 24.7 Å². The number of hydrogen-bond donors (Lipinski definition) is 1. The van der Waals surface area contributed by atoms with Gasteiger partial charge in [-0.2, -0.15) is 5.10 Å². The van der Waals surface area contributed by atoms with Gasteiger partial charge in [0.15, 0.2) is 0 Å². The molecule has 0 radical (unpaired) electrons. The molecular formula is C13H20N4O. The predicted molar refractivity (Wildman–Crippen MR) is 71.1 cm³/mol. The minimum Gasteiger partial charge on any atom is -0.396 e. The van der Waals surface area contributed by atoms with Crippen molar-refractivity contribution in [3.05, 3.63) is 23.0 Å². The van der Waals surface area contributed by atoms with Crippen molar-refractivity contribution < 1.29 is 4.79 Å². The van der Waals surface area contributed by atoms with Crippen molar-refractivity contribution in [3.63, 3.8) is 0 Å². The summed E-state index contributed by atoms with van der Waals surface area (Å²) in [5.74, 6) is 0.105. The quantitative estimate of drug-likeness (QED) is 0.801. The second-order valence-corrected chi connectivity index (χ2v) is 4.90. The fraction of sp³-hybridized carbons (Fsp3) is 0.538. The van der Waals surface area contributed by atoms with Crippen molar-refractivity contribution in [1.29, 1.82) is 0 Å². The van der Waals surface area contributed by atoms with Gasteiger partial charge in [0.2, 0.25) is 5.91 Å². The van der Waals surface area contributed by atoms with Crippen molar-refractivity contribution in [1.82, 2.24) is 14.7 Å². The molecule has 0 unspecified atom stereocenters. The highest BCUT2D eigenvalue weighted by atomic mass is 16.2. The minimum absolute atomic E-state index is 0.105. The van der Waals surface area contributed by atoms with Crippen LogP contribution in [0.15, 0.2) is 11.6 Å². The van der Waals surface area contributed by atoms with Crippen molar-refractivity contribution in [2.24, 2.45) is 0 Å². The summed E-state index contributed by atoms with van der Waals surface area (Å²) < 4.78 is 1.70. The molecule has 0 aliphatic carbocycles. The van der Waals surface area contributed by atoms with Crippen molar-refractivity contribution in [2.45, 2.75) is 33.7 Å². The number of nitrogen functional groups attached to an aromatic ring is 1. The van der Waals surface area contributed by atoms with E-state index in [4.69, 9.17) is 5.73 Å². The number of nitrogens with two attached hydrogens (primary N) is 1. The Morgan fingerprint density at radius 1 is 1.44 bits per heavy atom. The summed E-state index contributed by atoms with van der Waals surface area (Å²) >= 11 is 0. The molecule has 0 saturated heterocycles. The van der Waals surface area contributed by atoms with Crippen LogP contribution in [0.5, 0.6) is 0 Å². The number of rotatable bonds is 2. The maximum atomic E-state index is 12.2. The second kappa shape index (κ2) is 4.84. The Hall–Kier alpha value is -1.78. The lowest BCUT2D eigenvalue weighted by atomic mass is 10.1. The van der Waals surface area contributed by atoms with Gasteiger partial charge in [-0.15, -0.1) is 0 Å². The summed E-state index contributed by atoms with van der Waals surface area (Å²) in [6, 6.07) is 0. The maximum Gasteiger partial charge on any atom is 0.244 e. The lowest BCUT2D eigenvalue weighted by molar-refractivity contribution is -0.131. The van der Waals surface area contributed by atoms with E-state index in [0.29, 0.717) is 5.69 Å². The lowest BCUT2D eigenvalue weighted by Gasteiger charge is -2.26. The topological polar surface area (TPSA) is 64.2 Å². The molecule has 98 valence electrons. The van der Waals surface area contributed by atoms with Crippen LogP contribution in [0.3, 0.4) is 0 Å². The molecule has 2 heterocycles. The van der Waals surface area contributed by atoms with Crippen LogP contribution in [-0.2, 0) is 11.3 Å². The van der Waals surface area contributed by atoms with E-state index >= 15 is 0 Å². The largest absolute Gasteiger partial charge is 0.396 e. The number of nitrogens with zero attached hydrogens (tertiary/aromatic N) is 3. The van der Waals surface area contributed by atoms with E-state index in [2.05, 4.69) is 18.1 Å². The average molecular weight is 248 g/mol. The van der Waals surface area contributed by atoms with Crippen molar-refractivity contribution >= 4 is 11.6 Å². The summed E-state index contributed by atoms with van der Waals surface area (Å²) in [6.45, 7) is 7.61. The summed E-state index contributed by atoms with van der Waals surface area (Å²) in [4.78, 5) is 14.1.